The monoisotopic (exact) mass is 208 g/mol. The zero-order valence-electron chi connectivity index (χ0n) is 6.87. The van der Waals surface area contributed by atoms with E-state index in [1.54, 1.807) is 0 Å². The fourth-order valence-electron chi connectivity index (χ4n) is 0.929. The first kappa shape index (κ1) is 10.5. The first-order valence-corrected chi connectivity index (χ1v) is 3.43. The Hall–Kier alpha value is -1.59. The van der Waals surface area contributed by atoms with Crippen molar-refractivity contribution < 1.29 is 27.5 Å². The van der Waals surface area contributed by atoms with Gasteiger partial charge in [-0.3, -0.25) is 4.79 Å². The third kappa shape index (κ3) is 1.32. The molecule has 1 aromatic carbocycles. The Morgan fingerprint density at radius 2 is 1.36 bits per heavy atom. The Morgan fingerprint density at radius 3 is 1.64 bits per heavy atom. The van der Waals surface area contributed by atoms with Crippen LogP contribution >= 0.6 is 0 Å². The summed E-state index contributed by atoms with van der Waals surface area (Å²) < 4.78 is 50.8. The van der Waals surface area contributed by atoms with E-state index in [1.165, 1.54) is 0 Å². The summed E-state index contributed by atoms with van der Waals surface area (Å²) >= 11 is 0. The Labute approximate surface area is 75.8 Å². The first-order chi connectivity index (χ1) is 6.37. The normalized spacial score (nSPS) is 10.4. The number of carbonyl (C=O) groups excluding carboxylic acids is 1. The molecule has 0 fully saturated rings. The average molecular weight is 208 g/mol. The number of Topliss-reactive ketones (excluding diaryl/α,β-unsaturated/α-hetero) is 1. The molecule has 0 aromatic heterocycles. The highest BCUT2D eigenvalue weighted by atomic mass is 19.2. The summed E-state index contributed by atoms with van der Waals surface area (Å²) in [5.41, 5.74) is -1.34. The molecule has 0 spiro atoms. The van der Waals surface area contributed by atoms with E-state index in [1.807, 2.05) is 0 Å². The van der Waals surface area contributed by atoms with Gasteiger partial charge in [-0.05, 0) is 6.92 Å². The second kappa shape index (κ2) is 3.28. The third-order valence-electron chi connectivity index (χ3n) is 1.59. The molecule has 0 heterocycles. The van der Waals surface area contributed by atoms with Crippen molar-refractivity contribution in [2.45, 2.75) is 6.92 Å². The van der Waals surface area contributed by atoms with Crippen LogP contribution in [-0.4, -0.2) is 10.9 Å². The summed E-state index contributed by atoms with van der Waals surface area (Å²) in [6, 6.07) is 0. The van der Waals surface area contributed by atoms with E-state index >= 15 is 0 Å². The van der Waals surface area contributed by atoms with Gasteiger partial charge in [0.2, 0.25) is 11.6 Å². The summed E-state index contributed by atoms with van der Waals surface area (Å²) in [6.07, 6.45) is 0. The smallest absolute Gasteiger partial charge is 0.204 e. The van der Waals surface area contributed by atoms with Gasteiger partial charge in [0.25, 0.3) is 0 Å². The number of halogens is 4. The molecule has 76 valence electrons. The molecule has 0 atom stereocenters. The van der Waals surface area contributed by atoms with Crippen molar-refractivity contribution in [3.05, 3.63) is 28.8 Å². The maximum Gasteiger partial charge on any atom is 0.204 e. The minimum atomic E-state index is -1.98. The summed E-state index contributed by atoms with van der Waals surface area (Å²) in [6.45, 7) is 0.747. The van der Waals surface area contributed by atoms with Gasteiger partial charge in [-0.25, -0.2) is 8.78 Å². The van der Waals surface area contributed by atoms with Crippen molar-refractivity contribution in [3.8, 4) is 5.75 Å². The van der Waals surface area contributed by atoms with Crippen LogP contribution in [0.4, 0.5) is 17.6 Å². The fraction of sp³-hybridized carbons (Fsp3) is 0.125. The van der Waals surface area contributed by atoms with Crippen LogP contribution in [0.2, 0.25) is 0 Å². The van der Waals surface area contributed by atoms with E-state index in [9.17, 15) is 22.4 Å². The average Bonchev–Trinajstić information content (AvgIpc) is 2.11. The second-order valence-electron chi connectivity index (χ2n) is 2.54. The third-order valence-corrected chi connectivity index (χ3v) is 1.59. The largest absolute Gasteiger partial charge is 0.503 e. The summed E-state index contributed by atoms with van der Waals surface area (Å²) in [4.78, 5) is 10.6. The molecule has 0 aliphatic rings. The van der Waals surface area contributed by atoms with Crippen molar-refractivity contribution in [1.82, 2.24) is 0 Å². The number of phenolic OH excluding ortho intramolecular Hbond substituents is 1. The molecule has 0 aliphatic carbocycles. The summed E-state index contributed by atoms with van der Waals surface area (Å²) in [5, 5.41) is 8.53. The molecule has 0 saturated carbocycles. The van der Waals surface area contributed by atoms with E-state index < -0.39 is 40.4 Å². The van der Waals surface area contributed by atoms with Crippen molar-refractivity contribution in [2.24, 2.45) is 0 Å². The van der Waals surface area contributed by atoms with E-state index in [4.69, 9.17) is 5.11 Å². The number of carbonyl (C=O) groups is 1. The van der Waals surface area contributed by atoms with Crippen molar-refractivity contribution >= 4 is 5.78 Å². The number of rotatable bonds is 1. The minimum Gasteiger partial charge on any atom is -0.503 e. The lowest BCUT2D eigenvalue weighted by Crippen LogP contribution is -2.07. The number of aromatic hydroxyl groups is 1. The quantitative estimate of drug-likeness (QED) is 0.436. The molecule has 6 heteroatoms. The molecule has 0 bridgehead atoms. The van der Waals surface area contributed by atoms with Gasteiger partial charge in [0, 0.05) is 0 Å². The maximum atomic E-state index is 12.8. The number of hydrogen-bond donors (Lipinski definition) is 1. The molecule has 1 rings (SSSR count). The number of phenols is 1. The Morgan fingerprint density at radius 1 is 1.00 bits per heavy atom. The fourth-order valence-corrected chi connectivity index (χ4v) is 0.929. The first-order valence-electron chi connectivity index (χ1n) is 3.43. The molecule has 0 amide bonds. The Balaban J connectivity index is 3.68. The zero-order valence-corrected chi connectivity index (χ0v) is 6.87. The summed E-state index contributed by atoms with van der Waals surface area (Å²) in [7, 11) is 0. The topological polar surface area (TPSA) is 37.3 Å². The molecule has 0 radical (unpaired) electrons. The molecule has 0 unspecified atom stereocenters. The SMILES string of the molecule is CC(=O)c1c(F)c(F)c(O)c(F)c1F. The lowest BCUT2D eigenvalue weighted by Gasteiger charge is -2.05. The van der Waals surface area contributed by atoms with Gasteiger partial charge >= 0.3 is 0 Å². The maximum absolute atomic E-state index is 12.8. The molecule has 0 aliphatic heterocycles. The van der Waals surface area contributed by atoms with Crippen LogP contribution in [0.3, 0.4) is 0 Å². The van der Waals surface area contributed by atoms with Crippen LogP contribution in [0.15, 0.2) is 0 Å². The lowest BCUT2D eigenvalue weighted by molar-refractivity contribution is 0.100. The molecule has 1 aromatic rings. The Bertz CT molecular complexity index is 385. The van der Waals surface area contributed by atoms with Gasteiger partial charge in [-0.1, -0.05) is 0 Å². The summed E-state index contributed by atoms with van der Waals surface area (Å²) in [5.74, 6) is -10.7. The minimum absolute atomic E-state index is 0.747. The molecule has 1 N–H and O–H groups in total. The van der Waals surface area contributed by atoms with Gasteiger partial charge in [0.15, 0.2) is 23.2 Å². The van der Waals surface area contributed by atoms with Crippen molar-refractivity contribution in [2.75, 3.05) is 0 Å². The number of benzene rings is 1. The van der Waals surface area contributed by atoms with Crippen LogP contribution in [0.25, 0.3) is 0 Å². The number of ketones is 1. The standard InChI is InChI=1S/C8H4F4O2/c1-2(13)3-4(9)6(11)8(14)7(12)5(3)10/h14H,1H3. The van der Waals surface area contributed by atoms with Crippen molar-refractivity contribution in [1.29, 1.82) is 0 Å². The predicted octanol–water partition coefficient (Wildman–Crippen LogP) is 2.15. The van der Waals surface area contributed by atoms with Crippen LogP contribution < -0.4 is 0 Å². The molecule has 2 nitrogen and oxygen atoms in total. The second-order valence-corrected chi connectivity index (χ2v) is 2.54. The van der Waals surface area contributed by atoms with E-state index in [-0.39, 0.29) is 0 Å². The highest BCUT2D eigenvalue weighted by Gasteiger charge is 2.27. The van der Waals surface area contributed by atoms with Gasteiger partial charge in [-0.2, -0.15) is 8.78 Å². The predicted molar refractivity (Wildman–Crippen MR) is 37.9 cm³/mol. The van der Waals surface area contributed by atoms with Gasteiger partial charge in [-0.15, -0.1) is 0 Å². The van der Waals surface area contributed by atoms with E-state index in [0.717, 1.165) is 6.92 Å². The van der Waals surface area contributed by atoms with Crippen LogP contribution in [-0.2, 0) is 0 Å². The van der Waals surface area contributed by atoms with E-state index in [2.05, 4.69) is 0 Å². The van der Waals surface area contributed by atoms with Gasteiger partial charge < -0.3 is 5.11 Å². The van der Waals surface area contributed by atoms with Crippen LogP contribution in [0.1, 0.15) is 17.3 Å². The molecule has 14 heavy (non-hydrogen) atoms. The molecule has 0 saturated heterocycles. The Kier molecular flexibility index (Phi) is 2.46. The van der Waals surface area contributed by atoms with Crippen molar-refractivity contribution in [3.63, 3.8) is 0 Å². The van der Waals surface area contributed by atoms with Gasteiger partial charge in [0.1, 0.15) is 0 Å². The lowest BCUT2D eigenvalue weighted by atomic mass is 10.1. The zero-order chi connectivity index (χ0) is 11.0. The molecular weight excluding hydrogens is 204 g/mol. The molecular formula is C8H4F4O2. The highest BCUT2D eigenvalue weighted by molar-refractivity contribution is 5.94. The number of hydrogen-bond acceptors (Lipinski definition) is 2. The van der Waals surface area contributed by atoms with E-state index in [0.29, 0.717) is 0 Å². The highest BCUT2D eigenvalue weighted by Crippen LogP contribution is 2.28. The van der Waals surface area contributed by atoms with Crippen LogP contribution in [0.5, 0.6) is 5.75 Å². The van der Waals surface area contributed by atoms with Crippen LogP contribution in [0, 0.1) is 23.3 Å². The van der Waals surface area contributed by atoms with Gasteiger partial charge in [0.05, 0.1) is 5.56 Å².